The SMILES string of the molecule is CC(NC(C)C(=O)OC(C)(C)C)C(=O)NC(C)(C)C. The van der Waals surface area contributed by atoms with Crippen molar-refractivity contribution in [1.29, 1.82) is 0 Å². The maximum absolute atomic E-state index is 11.9. The minimum Gasteiger partial charge on any atom is -0.459 e. The second-order valence-electron chi connectivity index (χ2n) is 6.88. The van der Waals surface area contributed by atoms with Gasteiger partial charge in [0.2, 0.25) is 5.91 Å². The van der Waals surface area contributed by atoms with E-state index in [0.29, 0.717) is 0 Å². The van der Waals surface area contributed by atoms with Crippen LogP contribution in [0, 0.1) is 0 Å². The first-order valence-corrected chi connectivity index (χ1v) is 6.63. The first-order chi connectivity index (χ1) is 8.32. The molecule has 2 unspecified atom stereocenters. The zero-order valence-corrected chi connectivity index (χ0v) is 13.4. The van der Waals surface area contributed by atoms with E-state index in [-0.39, 0.29) is 17.4 Å². The van der Waals surface area contributed by atoms with E-state index in [1.54, 1.807) is 13.8 Å². The number of hydrogen-bond acceptors (Lipinski definition) is 4. The summed E-state index contributed by atoms with van der Waals surface area (Å²) in [6, 6.07) is -0.985. The highest BCUT2D eigenvalue weighted by molar-refractivity contribution is 5.83. The lowest BCUT2D eigenvalue weighted by Gasteiger charge is -2.26. The van der Waals surface area contributed by atoms with Gasteiger partial charge in [-0.05, 0) is 55.4 Å². The van der Waals surface area contributed by atoms with Crippen LogP contribution in [-0.2, 0) is 14.3 Å². The predicted octanol–water partition coefficient (Wildman–Crippen LogP) is 1.61. The number of carbonyl (C=O) groups is 2. The quantitative estimate of drug-likeness (QED) is 0.763. The van der Waals surface area contributed by atoms with Crippen LogP contribution in [0.25, 0.3) is 0 Å². The molecule has 0 aliphatic carbocycles. The lowest BCUT2D eigenvalue weighted by molar-refractivity contribution is -0.157. The fraction of sp³-hybridized carbons (Fsp3) is 0.857. The average Bonchev–Trinajstić information content (AvgIpc) is 2.11. The van der Waals surface area contributed by atoms with Gasteiger partial charge in [0.15, 0.2) is 0 Å². The van der Waals surface area contributed by atoms with Crippen LogP contribution in [0.2, 0.25) is 0 Å². The number of nitrogens with one attached hydrogen (secondary N) is 2. The zero-order valence-electron chi connectivity index (χ0n) is 13.4. The van der Waals surface area contributed by atoms with Crippen LogP contribution in [0.5, 0.6) is 0 Å². The van der Waals surface area contributed by atoms with Crippen molar-refractivity contribution in [2.75, 3.05) is 0 Å². The van der Waals surface area contributed by atoms with Gasteiger partial charge < -0.3 is 10.1 Å². The van der Waals surface area contributed by atoms with Gasteiger partial charge in [0.05, 0.1) is 6.04 Å². The molecular formula is C14H28N2O3. The monoisotopic (exact) mass is 272 g/mol. The molecule has 0 aromatic carbocycles. The molecule has 5 nitrogen and oxygen atoms in total. The summed E-state index contributed by atoms with van der Waals surface area (Å²) in [5, 5.41) is 5.80. The van der Waals surface area contributed by atoms with Crippen molar-refractivity contribution in [3.05, 3.63) is 0 Å². The highest BCUT2D eigenvalue weighted by Gasteiger charge is 2.26. The van der Waals surface area contributed by atoms with Crippen LogP contribution >= 0.6 is 0 Å². The molecule has 0 radical (unpaired) electrons. The second-order valence-corrected chi connectivity index (χ2v) is 6.88. The van der Waals surface area contributed by atoms with E-state index in [0.717, 1.165) is 0 Å². The Morgan fingerprint density at radius 1 is 0.947 bits per heavy atom. The van der Waals surface area contributed by atoms with E-state index >= 15 is 0 Å². The van der Waals surface area contributed by atoms with Crippen molar-refractivity contribution in [3.8, 4) is 0 Å². The lowest BCUT2D eigenvalue weighted by atomic mass is 10.1. The maximum Gasteiger partial charge on any atom is 0.323 e. The lowest BCUT2D eigenvalue weighted by Crippen LogP contribution is -2.53. The van der Waals surface area contributed by atoms with Gasteiger partial charge in [-0.25, -0.2) is 0 Å². The summed E-state index contributed by atoms with van der Waals surface area (Å²) in [4.78, 5) is 23.7. The summed E-state index contributed by atoms with van der Waals surface area (Å²) in [5.74, 6) is -0.495. The molecule has 112 valence electrons. The maximum atomic E-state index is 11.9. The summed E-state index contributed by atoms with van der Waals surface area (Å²) in [6.07, 6.45) is 0. The van der Waals surface area contributed by atoms with Gasteiger partial charge >= 0.3 is 5.97 Å². The van der Waals surface area contributed by atoms with Crippen molar-refractivity contribution in [2.45, 2.75) is 78.6 Å². The number of amides is 1. The third-order valence-electron chi connectivity index (χ3n) is 2.15. The Hall–Kier alpha value is -1.10. The summed E-state index contributed by atoms with van der Waals surface area (Å²) in [7, 11) is 0. The molecule has 1 amide bonds. The van der Waals surface area contributed by atoms with Gasteiger partial charge in [-0.3, -0.25) is 14.9 Å². The number of rotatable bonds is 4. The zero-order chi connectivity index (χ0) is 15.4. The summed E-state index contributed by atoms with van der Waals surface area (Å²) in [5.41, 5.74) is -0.813. The fourth-order valence-electron chi connectivity index (χ4n) is 1.39. The van der Waals surface area contributed by atoms with E-state index in [1.165, 1.54) is 0 Å². The van der Waals surface area contributed by atoms with Crippen LogP contribution in [0.1, 0.15) is 55.4 Å². The smallest absolute Gasteiger partial charge is 0.323 e. The van der Waals surface area contributed by atoms with Crippen LogP contribution < -0.4 is 10.6 Å². The molecule has 2 atom stereocenters. The molecule has 0 saturated heterocycles. The Balaban J connectivity index is 4.36. The van der Waals surface area contributed by atoms with Gasteiger partial charge in [0, 0.05) is 5.54 Å². The van der Waals surface area contributed by atoms with E-state index < -0.39 is 17.7 Å². The third kappa shape index (κ3) is 8.59. The highest BCUT2D eigenvalue weighted by Crippen LogP contribution is 2.08. The van der Waals surface area contributed by atoms with Gasteiger partial charge in [0.25, 0.3) is 0 Å². The third-order valence-corrected chi connectivity index (χ3v) is 2.15. The van der Waals surface area contributed by atoms with E-state index in [2.05, 4.69) is 10.6 Å². The topological polar surface area (TPSA) is 67.4 Å². The van der Waals surface area contributed by atoms with Crippen LogP contribution in [0.3, 0.4) is 0 Å². The Bertz CT molecular complexity index is 295. The Labute approximate surface area is 116 Å². The minimum absolute atomic E-state index is 0.136. The molecule has 0 saturated carbocycles. The first kappa shape index (κ1) is 17.9. The van der Waals surface area contributed by atoms with E-state index in [1.807, 2.05) is 41.5 Å². The standard InChI is InChI=1S/C14H28N2O3/c1-9(11(17)16-13(3,4)5)15-10(2)12(18)19-14(6,7)8/h9-10,15H,1-8H3,(H,16,17). The minimum atomic E-state index is -0.528. The Kier molecular flexibility index (Phi) is 6.00. The molecule has 19 heavy (non-hydrogen) atoms. The van der Waals surface area contributed by atoms with Crippen LogP contribution in [0.15, 0.2) is 0 Å². The van der Waals surface area contributed by atoms with Crippen LogP contribution in [0.4, 0.5) is 0 Å². The predicted molar refractivity (Wildman–Crippen MR) is 75.8 cm³/mol. The van der Waals surface area contributed by atoms with E-state index in [4.69, 9.17) is 4.74 Å². The average molecular weight is 272 g/mol. The number of carbonyl (C=O) groups excluding carboxylic acids is 2. The van der Waals surface area contributed by atoms with Crippen molar-refractivity contribution >= 4 is 11.9 Å². The van der Waals surface area contributed by atoms with Gasteiger partial charge in [0.1, 0.15) is 11.6 Å². The molecule has 0 fully saturated rings. The van der Waals surface area contributed by atoms with Gasteiger partial charge in [-0.15, -0.1) is 0 Å². The number of ether oxygens (including phenoxy) is 1. The fourth-order valence-corrected chi connectivity index (χ4v) is 1.39. The molecule has 0 bridgehead atoms. The first-order valence-electron chi connectivity index (χ1n) is 6.63. The van der Waals surface area contributed by atoms with Crippen molar-refractivity contribution in [2.24, 2.45) is 0 Å². The van der Waals surface area contributed by atoms with Gasteiger partial charge in [-0.1, -0.05) is 0 Å². The number of esters is 1. The molecule has 5 heteroatoms. The summed E-state index contributed by atoms with van der Waals surface area (Å²) >= 11 is 0. The Morgan fingerprint density at radius 3 is 1.79 bits per heavy atom. The molecule has 2 N–H and O–H groups in total. The van der Waals surface area contributed by atoms with E-state index in [9.17, 15) is 9.59 Å². The molecule has 0 aliphatic heterocycles. The second kappa shape index (κ2) is 6.37. The normalized spacial score (nSPS) is 15.6. The molecule has 0 heterocycles. The largest absolute Gasteiger partial charge is 0.459 e. The summed E-state index contributed by atoms with van der Waals surface area (Å²) < 4.78 is 5.25. The summed E-state index contributed by atoms with van der Waals surface area (Å²) in [6.45, 7) is 14.6. The van der Waals surface area contributed by atoms with Crippen molar-refractivity contribution in [1.82, 2.24) is 10.6 Å². The van der Waals surface area contributed by atoms with Crippen molar-refractivity contribution < 1.29 is 14.3 Å². The van der Waals surface area contributed by atoms with Crippen LogP contribution in [-0.4, -0.2) is 35.1 Å². The van der Waals surface area contributed by atoms with Crippen molar-refractivity contribution in [3.63, 3.8) is 0 Å². The molecule has 0 spiro atoms. The molecule has 0 aliphatic rings. The Morgan fingerprint density at radius 2 is 1.42 bits per heavy atom. The van der Waals surface area contributed by atoms with Gasteiger partial charge in [-0.2, -0.15) is 0 Å². The number of hydrogen-bond donors (Lipinski definition) is 2. The molecule has 0 aromatic heterocycles. The molecular weight excluding hydrogens is 244 g/mol. The highest BCUT2D eigenvalue weighted by atomic mass is 16.6. The molecule has 0 aromatic rings. The molecule has 0 rings (SSSR count).